The van der Waals surface area contributed by atoms with Gasteiger partial charge in [-0.25, -0.2) is 14.6 Å². The van der Waals surface area contributed by atoms with Crippen LogP contribution in [0.4, 0.5) is 4.79 Å². The molecule has 0 saturated carbocycles. The van der Waals surface area contributed by atoms with Crippen molar-refractivity contribution < 1.29 is 19.2 Å². The molecule has 0 bridgehead atoms. The van der Waals surface area contributed by atoms with Crippen molar-refractivity contribution in [3.63, 3.8) is 0 Å². The highest BCUT2D eigenvalue weighted by Gasteiger charge is 2.29. The third kappa shape index (κ3) is 5.20. The highest BCUT2D eigenvalue weighted by atomic mass is 16.7. The van der Waals surface area contributed by atoms with Gasteiger partial charge in [0, 0.05) is 5.56 Å². The smallest absolute Gasteiger partial charge is 0.408 e. The van der Waals surface area contributed by atoms with Crippen LogP contribution in [0, 0.1) is 5.92 Å². The molecule has 0 aliphatic carbocycles. The lowest BCUT2D eigenvalue weighted by atomic mass is 10.1. The molecular weight excluding hydrogens is 418 g/mol. The molecule has 0 aliphatic heterocycles. The van der Waals surface area contributed by atoms with Gasteiger partial charge >= 0.3 is 12.1 Å². The van der Waals surface area contributed by atoms with Crippen molar-refractivity contribution in [2.45, 2.75) is 26.5 Å². The molecule has 0 aliphatic rings. The highest BCUT2D eigenvalue weighted by Crippen LogP contribution is 2.24. The van der Waals surface area contributed by atoms with Crippen LogP contribution < -0.4 is 10.2 Å². The molecule has 168 valence electrons. The van der Waals surface area contributed by atoms with E-state index < -0.39 is 18.1 Å². The van der Waals surface area contributed by atoms with Crippen molar-refractivity contribution >= 4 is 23.1 Å². The lowest BCUT2D eigenvalue weighted by Gasteiger charge is -2.21. The van der Waals surface area contributed by atoms with Gasteiger partial charge in [-0.1, -0.05) is 86.6 Å². The van der Waals surface area contributed by atoms with E-state index in [2.05, 4.69) is 10.3 Å². The Labute approximate surface area is 191 Å². The number of aromatic nitrogens is 2. The van der Waals surface area contributed by atoms with E-state index in [0.717, 1.165) is 11.1 Å². The molecule has 0 spiro atoms. The minimum absolute atomic E-state index is 0.108. The van der Waals surface area contributed by atoms with E-state index in [1.165, 1.54) is 4.73 Å². The van der Waals surface area contributed by atoms with E-state index >= 15 is 0 Å². The van der Waals surface area contributed by atoms with Gasteiger partial charge in [0.1, 0.15) is 18.2 Å². The van der Waals surface area contributed by atoms with Gasteiger partial charge in [-0.3, -0.25) is 0 Å². The predicted molar refractivity (Wildman–Crippen MR) is 125 cm³/mol. The summed E-state index contributed by atoms with van der Waals surface area (Å²) in [7, 11) is 0. The summed E-state index contributed by atoms with van der Waals surface area (Å²) < 4.78 is 6.70. The number of carbonyl (C=O) groups is 2. The van der Waals surface area contributed by atoms with E-state index in [1.807, 2.05) is 98.8 Å². The van der Waals surface area contributed by atoms with Crippen LogP contribution in [-0.2, 0) is 16.1 Å². The number of benzene rings is 3. The summed E-state index contributed by atoms with van der Waals surface area (Å²) >= 11 is 0. The fraction of sp³-hybridized carbons (Fsp3) is 0.192. The normalized spacial score (nSPS) is 11.8. The SMILES string of the molecule is CC(C)[C@H](NC(=O)OCc1ccccc1)C(=O)On1c(-c2ccccc2)nc2ccccc21. The molecular formula is C26H25N3O4. The number of imidazole rings is 1. The maximum absolute atomic E-state index is 13.1. The zero-order valence-corrected chi connectivity index (χ0v) is 18.5. The summed E-state index contributed by atoms with van der Waals surface area (Å²) in [5, 5.41) is 2.64. The maximum Gasteiger partial charge on any atom is 0.408 e. The minimum atomic E-state index is -0.905. The van der Waals surface area contributed by atoms with Crippen LogP contribution in [0.25, 0.3) is 22.4 Å². The van der Waals surface area contributed by atoms with Crippen molar-refractivity contribution in [2.75, 3.05) is 0 Å². The largest absolute Gasteiger partial charge is 0.445 e. The predicted octanol–water partition coefficient (Wildman–Crippen LogP) is 4.61. The first-order valence-electron chi connectivity index (χ1n) is 10.7. The molecule has 1 atom stereocenters. The van der Waals surface area contributed by atoms with Crippen LogP contribution in [-0.4, -0.2) is 27.8 Å². The van der Waals surface area contributed by atoms with E-state index in [1.54, 1.807) is 0 Å². The number of ether oxygens (including phenoxy) is 1. The van der Waals surface area contributed by atoms with Crippen molar-refractivity contribution in [1.29, 1.82) is 0 Å². The van der Waals surface area contributed by atoms with E-state index in [9.17, 15) is 9.59 Å². The Morgan fingerprint density at radius 2 is 1.55 bits per heavy atom. The average molecular weight is 444 g/mol. The molecule has 0 radical (unpaired) electrons. The van der Waals surface area contributed by atoms with E-state index in [0.29, 0.717) is 16.9 Å². The zero-order valence-electron chi connectivity index (χ0n) is 18.5. The summed E-state index contributed by atoms with van der Waals surface area (Å²) in [5.41, 5.74) is 3.01. The molecule has 1 aromatic heterocycles. The van der Waals surface area contributed by atoms with E-state index in [4.69, 9.17) is 9.57 Å². The van der Waals surface area contributed by atoms with Crippen LogP contribution >= 0.6 is 0 Å². The topological polar surface area (TPSA) is 82.5 Å². The number of rotatable bonds is 7. The number of hydrogen-bond acceptors (Lipinski definition) is 5. The third-order valence-electron chi connectivity index (χ3n) is 5.14. The second kappa shape index (κ2) is 9.99. The number of amides is 1. The lowest BCUT2D eigenvalue weighted by Crippen LogP contribution is -2.48. The second-order valence-corrected chi connectivity index (χ2v) is 7.92. The average Bonchev–Trinajstić information content (AvgIpc) is 3.20. The van der Waals surface area contributed by atoms with Gasteiger partial charge in [-0.2, -0.15) is 4.73 Å². The standard InChI is InChI=1S/C26H25N3O4/c1-18(2)23(28-26(31)32-17-19-11-5-3-6-12-19)25(30)33-29-22-16-10-9-15-21(22)27-24(29)20-13-7-4-8-14-20/h3-16,18,23H,17H2,1-2H3,(H,28,31)/t23-/m0/s1. The van der Waals surface area contributed by atoms with Crippen molar-refractivity contribution in [1.82, 2.24) is 15.0 Å². The number of para-hydroxylation sites is 2. The number of nitrogens with one attached hydrogen (secondary N) is 1. The Morgan fingerprint density at radius 1 is 0.909 bits per heavy atom. The van der Waals surface area contributed by atoms with Crippen LogP contribution in [0.1, 0.15) is 19.4 Å². The van der Waals surface area contributed by atoms with Crippen molar-refractivity contribution in [3.8, 4) is 11.4 Å². The monoisotopic (exact) mass is 443 g/mol. The molecule has 3 aromatic carbocycles. The van der Waals surface area contributed by atoms with Gasteiger partial charge in [0.25, 0.3) is 0 Å². The molecule has 0 fully saturated rings. The van der Waals surface area contributed by atoms with Crippen LogP contribution in [0.5, 0.6) is 0 Å². The summed E-state index contributed by atoms with van der Waals surface area (Å²) in [6.45, 7) is 3.76. The minimum Gasteiger partial charge on any atom is -0.445 e. The number of hydrogen-bond donors (Lipinski definition) is 1. The number of carbonyl (C=O) groups excluding carboxylic acids is 2. The third-order valence-corrected chi connectivity index (χ3v) is 5.14. The Morgan fingerprint density at radius 3 is 2.24 bits per heavy atom. The number of fused-ring (bicyclic) bond motifs is 1. The first kappa shape index (κ1) is 22.1. The van der Waals surface area contributed by atoms with Crippen molar-refractivity contribution in [3.05, 3.63) is 90.5 Å². The summed E-state index contributed by atoms with van der Waals surface area (Å²) in [5.74, 6) is -0.335. The molecule has 7 heteroatoms. The van der Waals surface area contributed by atoms with Gasteiger partial charge in [0.2, 0.25) is 0 Å². The van der Waals surface area contributed by atoms with Gasteiger partial charge in [0.05, 0.1) is 5.52 Å². The highest BCUT2D eigenvalue weighted by molar-refractivity contribution is 5.84. The molecule has 1 amide bonds. The van der Waals surface area contributed by atoms with E-state index in [-0.39, 0.29) is 12.5 Å². The first-order chi connectivity index (χ1) is 16.0. The Hall–Kier alpha value is -4.13. The second-order valence-electron chi connectivity index (χ2n) is 7.92. The fourth-order valence-electron chi connectivity index (χ4n) is 3.40. The van der Waals surface area contributed by atoms with Gasteiger partial charge in [0.15, 0.2) is 5.82 Å². The molecule has 4 aromatic rings. The summed E-state index contributed by atoms with van der Waals surface area (Å²) in [4.78, 5) is 35.9. The lowest BCUT2D eigenvalue weighted by molar-refractivity contribution is -0.147. The van der Waals surface area contributed by atoms with Crippen LogP contribution in [0.2, 0.25) is 0 Å². The molecule has 7 nitrogen and oxygen atoms in total. The molecule has 4 rings (SSSR count). The molecule has 0 saturated heterocycles. The van der Waals surface area contributed by atoms with Crippen LogP contribution in [0.3, 0.4) is 0 Å². The van der Waals surface area contributed by atoms with Crippen LogP contribution in [0.15, 0.2) is 84.9 Å². The van der Waals surface area contributed by atoms with Gasteiger partial charge < -0.3 is 14.9 Å². The Kier molecular flexibility index (Phi) is 6.69. The Bertz CT molecular complexity index is 1240. The molecule has 33 heavy (non-hydrogen) atoms. The first-order valence-corrected chi connectivity index (χ1v) is 10.7. The summed E-state index contributed by atoms with van der Waals surface area (Å²) in [6, 6.07) is 25.3. The van der Waals surface area contributed by atoms with Gasteiger partial charge in [-0.05, 0) is 23.6 Å². The fourth-order valence-corrected chi connectivity index (χ4v) is 3.40. The summed E-state index contributed by atoms with van der Waals surface area (Å²) in [6.07, 6.45) is -0.687. The molecule has 0 unspecified atom stereocenters. The zero-order chi connectivity index (χ0) is 23.2. The Balaban J connectivity index is 1.53. The molecule has 1 heterocycles. The quantitative estimate of drug-likeness (QED) is 0.451. The maximum atomic E-state index is 13.1. The number of alkyl carbamates (subject to hydrolysis) is 1. The van der Waals surface area contributed by atoms with Crippen molar-refractivity contribution in [2.24, 2.45) is 5.92 Å². The number of nitrogens with zero attached hydrogens (tertiary/aromatic N) is 2. The molecule has 1 N–H and O–H groups in total. The van der Waals surface area contributed by atoms with Gasteiger partial charge in [-0.15, -0.1) is 0 Å².